The Balaban J connectivity index is 1.42. The van der Waals surface area contributed by atoms with Crippen LogP contribution in [0.25, 0.3) is 16.7 Å². The first kappa shape index (κ1) is 16.9. The highest BCUT2D eigenvalue weighted by Gasteiger charge is 2.09. The zero-order valence-electron chi connectivity index (χ0n) is 15.4. The fourth-order valence-corrected chi connectivity index (χ4v) is 3.01. The summed E-state index contributed by atoms with van der Waals surface area (Å²) in [6.45, 7) is 1.98. The van der Waals surface area contributed by atoms with Crippen molar-refractivity contribution >= 4 is 34.0 Å². The maximum absolute atomic E-state index is 6.01. The molecule has 0 unspecified atom stereocenters. The molecule has 1 aromatic carbocycles. The smallest absolute Gasteiger partial charge is 0.160 e. The van der Waals surface area contributed by atoms with Crippen molar-refractivity contribution < 1.29 is 4.74 Å². The molecule has 0 saturated heterocycles. The highest BCUT2D eigenvalue weighted by atomic mass is 16.5. The van der Waals surface area contributed by atoms with Crippen LogP contribution in [0, 0.1) is 6.92 Å². The summed E-state index contributed by atoms with van der Waals surface area (Å²) in [6, 6.07) is 13.0. The first-order valence-corrected chi connectivity index (χ1v) is 8.88. The third-order valence-corrected chi connectivity index (χ3v) is 4.42. The Labute approximate surface area is 165 Å². The Kier molecular flexibility index (Phi) is 3.91. The number of nitrogens with one attached hydrogen (secondary N) is 1. The van der Waals surface area contributed by atoms with Gasteiger partial charge in [0.15, 0.2) is 11.5 Å². The molecule has 0 spiro atoms. The van der Waals surface area contributed by atoms with Crippen LogP contribution in [-0.4, -0.2) is 29.5 Å². The lowest BCUT2D eigenvalue weighted by Crippen LogP contribution is -2.00. The molecule has 9 nitrogen and oxygen atoms in total. The second-order valence-corrected chi connectivity index (χ2v) is 6.46. The zero-order chi connectivity index (χ0) is 19.8. The Morgan fingerprint density at radius 1 is 1.00 bits per heavy atom. The molecule has 5 aromatic rings. The Hall–Kier alpha value is -4.27. The summed E-state index contributed by atoms with van der Waals surface area (Å²) >= 11 is 0. The Bertz CT molecular complexity index is 1350. The van der Waals surface area contributed by atoms with E-state index in [1.165, 1.54) is 12.7 Å². The minimum absolute atomic E-state index is 0.417. The van der Waals surface area contributed by atoms with Crippen LogP contribution >= 0.6 is 0 Å². The van der Waals surface area contributed by atoms with Crippen LogP contribution in [0.2, 0.25) is 0 Å². The molecular formula is C20H16N8O. The van der Waals surface area contributed by atoms with E-state index in [1.807, 2.05) is 49.5 Å². The molecule has 0 aliphatic carbocycles. The maximum Gasteiger partial charge on any atom is 0.160 e. The standard InChI is InChI=1S/C20H16N8O/c1-12-8-13(26-20-19-15(22-10-24-20)3-5-17(21)27-19)2-4-16(12)29-14-6-7-28-18(9-14)23-11-25-28/h2-11H,1H3,(H2,21,27)(H,22,24,26). The van der Waals surface area contributed by atoms with Crippen LogP contribution in [0.1, 0.15) is 5.56 Å². The molecule has 5 rings (SSSR count). The number of nitrogens with zero attached hydrogens (tertiary/aromatic N) is 6. The fraction of sp³-hybridized carbons (Fsp3) is 0.0500. The van der Waals surface area contributed by atoms with E-state index in [2.05, 4.69) is 30.4 Å². The van der Waals surface area contributed by atoms with E-state index in [0.717, 1.165) is 28.2 Å². The summed E-state index contributed by atoms with van der Waals surface area (Å²) in [5.74, 6) is 2.44. The molecule has 0 atom stereocenters. The predicted molar refractivity (Wildman–Crippen MR) is 109 cm³/mol. The van der Waals surface area contributed by atoms with Crippen LogP contribution < -0.4 is 15.8 Å². The number of ether oxygens (including phenoxy) is 1. The minimum Gasteiger partial charge on any atom is -0.457 e. The third kappa shape index (κ3) is 3.25. The van der Waals surface area contributed by atoms with Crippen LogP contribution in [-0.2, 0) is 0 Å². The van der Waals surface area contributed by atoms with Crippen molar-refractivity contribution in [1.29, 1.82) is 0 Å². The van der Waals surface area contributed by atoms with E-state index in [9.17, 15) is 0 Å². The molecule has 0 saturated carbocycles. The Morgan fingerprint density at radius 2 is 1.93 bits per heavy atom. The second-order valence-electron chi connectivity index (χ2n) is 6.46. The van der Waals surface area contributed by atoms with Gasteiger partial charge in [-0.25, -0.2) is 24.5 Å². The summed E-state index contributed by atoms with van der Waals surface area (Å²) < 4.78 is 7.69. The van der Waals surface area contributed by atoms with Crippen molar-refractivity contribution in [3.05, 3.63) is 66.9 Å². The molecule has 0 aliphatic heterocycles. The van der Waals surface area contributed by atoms with Crippen LogP contribution in [0.4, 0.5) is 17.3 Å². The van der Waals surface area contributed by atoms with E-state index in [1.54, 1.807) is 10.6 Å². The highest BCUT2D eigenvalue weighted by molar-refractivity contribution is 5.87. The summed E-state index contributed by atoms with van der Waals surface area (Å²) in [4.78, 5) is 17.0. The van der Waals surface area contributed by atoms with Gasteiger partial charge in [-0.15, -0.1) is 0 Å². The Morgan fingerprint density at radius 3 is 2.83 bits per heavy atom. The molecule has 0 fully saturated rings. The summed E-state index contributed by atoms with van der Waals surface area (Å²) in [7, 11) is 0. The van der Waals surface area contributed by atoms with Gasteiger partial charge in [0, 0.05) is 18.0 Å². The molecule has 29 heavy (non-hydrogen) atoms. The third-order valence-electron chi connectivity index (χ3n) is 4.42. The molecule has 4 aromatic heterocycles. The molecular weight excluding hydrogens is 368 g/mol. The van der Waals surface area contributed by atoms with Crippen molar-refractivity contribution in [2.24, 2.45) is 0 Å². The molecule has 142 valence electrons. The summed E-state index contributed by atoms with van der Waals surface area (Å²) in [5.41, 5.74) is 9.68. The monoisotopic (exact) mass is 384 g/mol. The van der Waals surface area contributed by atoms with Gasteiger partial charge >= 0.3 is 0 Å². The lowest BCUT2D eigenvalue weighted by molar-refractivity contribution is 0.478. The number of anilines is 3. The normalized spacial score (nSPS) is 11.1. The first-order valence-electron chi connectivity index (χ1n) is 8.88. The van der Waals surface area contributed by atoms with Gasteiger partial charge in [0.05, 0.1) is 5.52 Å². The van der Waals surface area contributed by atoms with E-state index in [4.69, 9.17) is 10.5 Å². The average molecular weight is 384 g/mol. The van der Waals surface area contributed by atoms with Gasteiger partial charge in [-0.2, -0.15) is 5.10 Å². The van der Waals surface area contributed by atoms with Gasteiger partial charge in [0.1, 0.15) is 35.5 Å². The van der Waals surface area contributed by atoms with Gasteiger partial charge in [-0.3, -0.25) is 0 Å². The van der Waals surface area contributed by atoms with Crippen LogP contribution in [0.3, 0.4) is 0 Å². The van der Waals surface area contributed by atoms with Gasteiger partial charge in [-0.05, 0) is 48.9 Å². The van der Waals surface area contributed by atoms with Crippen molar-refractivity contribution in [3.63, 3.8) is 0 Å². The quantitative estimate of drug-likeness (QED) is 0.484. The summed E-state index contributed by atoms with van der Waals surface area (Å²) in [5, 5.41) is 7.36. The number of pyridine rings is 2. The van der Waals surface area contributed by atoms with Gasteiger partial charge in [0.2, 0.25) is 0 Å². The van der Waals surface area contributed by atoms with Gasteiger partial charge in [-0.1, -0.05) is 0 Å². The molecule has 0 amide bonds. The second kappa shape index (κ2) is 6.71. The molecule has 9 heteroatoms. The number of rotatable bonds is 4. The number of fused-ring (bicyclic) bond motifs is 2. The van der Waals surface area contributed by atoms with E-state index in [-0.39, 0.29) is 0 Å². The molecule has 0 radical (unpaired) electrons. The van der Waals surface area contributed by atoms with Crippen molar-refractivity contribution in [2.45, 2.75) is 6.92 Å². The summed E-state index contributed by atoms with van der Waals surface area (Å²) in [6.07, 6.45) is 4.81. The van der Waals surface area contributed by atoms with Crippen molar-refractivity contribution in [2.75, 3.05) is 11.1 Å². The van der Waals surface area contributed by atoms with Gasteiger partial charge < -0.3 is 15.8 Å². The number of hydrogen-bond acceptors (Lipinski definition) is 8. The predicted octanol–water partition coefficient (Wildman–Crippen LogP) is 3.49. The molecule has 3 N–H and O–H groups in total. The SMILES string of the molecule is Cc1cc(Nc2ncnc3ccc(N)nc23)ccc1Oc1ccn2ncnc2c1. The van der Waals surface area contributed by atoms with E-state index in [0.29, 0.717) is 22.9 Å². The highest BCUT2D eigenvalue weighted by Crippen LogP contribution is 2.29. The largest absolute Gasteiger partial charge is 0.457 e. The number of aryl methyl sites for hydroxylation is 1. The molecule has 0 aliphatic rings. The topological polar surface area (TPSA) is 116 Å². The molecule has 4 heterocycles. The maximum atomic E-state index is 6.01. The fourth-order valence-electron chi connectivity index (χ4n) is 3.01. The molecule has 0 bridgehead atoms. The van der Waals surface area contributed by atoms with Crippen LogP contribution in [0.15, 0.2) is 61.3 Å². The van der Waals surface area contributed by atoms with Crippen LogP contribution in [0.5, 0.6) is 11.5 Å². The van der Waals surface area contributed by atoms with Gasteiger partial charge in [0.25, 0.3) is 0 Å². The number of benzene rings is 1. The average Bonchev–Trinajstić information content (AvgIpc) is 3.18. The lowest BCUT2D eigenvalue weighted by atomic mass is 10.2. The lowest BCUT2D eigenvalue weighted by Gasteiger charge is -2.12. The van der Waals surface area contributed by atoms with E-state index >= 15 is 0 Å². The zero-order valence-corrected chi connectivity index (χ0v) is 15.4. The number of hydrogen-bond donors (Lipinski definition) is 2. The van der Waals surface area contributed by atoms with Crippen molar-refractivity contribution in [3.8, 4) is 11.5 Å². The number of nitrogen functional groups attached to an aromatic ring is 1. The first-order chi connectivity index (χ1) is 14.2. The van der Waals surface area contributed by atoms with E-state index < -0.39 is 0 Å². The number of nitrogens with two attached hydrogens (primary N) is 1. The minimum atomic E-state index is 0.417. The van der Waals surface area contributed by atoms with Crippen molar-refractivity contribution in [1.82, 2.24) is 29.5 Å². The number of aromatic nitrogens is 6.